The Kier molecular flexibility index (Phi) is 5.41. The van der Waals surface area contributed by atoms with Gasteiger partial charge in [0.25, 0.3) is 0 Å². The van der Waals surface area contributed by atoms with E-state index in [1.165, 1.54) is 6.07 Å². The van der Waals surface area contributed by atoms with E-state index in [1.807, 2.05) is 30.3 Å². The van der Waals surface area contributed by atoms with Crippen molar-refractivity contribution in [2.45, 2.75) is 12.6 Å². The number of nitrogens with zero attached hydrogens (tertiary/aromatic N) is 2. The van der Waals surface area contributed by atoms with Gasteiger partial charge in [-0.05, 0) is 23.8 Å². The Balaban J connectivity index is 1.64. The molecule has 138 valence electrons. The molecule has 0 saturated carbocycles. The number of halogens is 4. The maximum absolute atomic E-state index is 12.9. The molecule has 1 aliphatic rings. The lowest BCUT2D eigenvalue weighted by Crippen LogP contribution is -2.49. The molecule has 1 saturated heterocycles. The fourth-order valence-corrected chi connectivity index (χ4v) is 3.25. The molecule has 1 fully saturated rings. The largest absolute Gasteiger partial charge is 0.416 e. The topological polar surface area (TPSA) is 23.6 Å². The van der Waals surface area contributed by atoms with Crippen LogP contribution in [0.3, 0.4) is 0 Å². The van der Waals surface area contributed by atoms with Crippen molar-refractivity contribution in [3.05, 3.63) is 64.7 Å². The molecule has 7 heteroatoms. The number of hydrogen-bond acceptors (Lipinski definition) is 2. The SMILES string of the molecule is O=C(Cc1ccccc1)N1CCN(c2cc(C(F)(F)F)ccc2Cl)CC1. The molecule has 0 spiro atoms. The van der Waals surface area contributed by atoms with Gasteiger partial charge in [0.2, 0.25) is 5.91 Å². The van der Waals surface area contributed by atoms with Crippen molar-refractivity contribution in [1.82, 2.24) is 4.90 Å². The van der Waals surface area contributed by atoms with Gasteiger partial charge in [0.05, 0.1) is 22.7 Å². The van der Waals surface area contributed by atoms with E-state index >= 15 is 0 Å². The molecule has 3 nitrogen and oxygen atoms in total. The first kappa shape index (κ1) is 18.6. The summed E-state index contributed by atoms with van der Waals surface area (Å²) < 4.78 is 38.8. The Bertz CT molecular complexity index is 772. The van der Waals surface area contributed by atoms with Gasteiger partial charge in [0, 0.05) is 26.2 Å². The average molecular weight is 383 g/mol. The van der Waals surface area contributed by atoms with Gasteiger partial charge in [0.15, 0.2) is 0 Å². The summed E-state index contributed by atoms with van der Waals surface area (Å²) in [6, 6.07) is 12.8. The van der Waals surface area contributed by atoms with Crippen LogP contribution in [0.5, 0.6) is 0 Å². The predicted molar refractivity (Wildman–Crippen MR) is 95.4 cm³/mol. The van der Waals surface area contributed by atoms with Crippen LogP contribution < -0.4 is 4.90 Å². The molecule has 2 aromatic rings. The second kappa shape index (κ2) is 7.58. The lowest BCUT2D eigenvalue weighted by Gasteiger charge is -2.36. The summed E-state index contributed by atoms with van der Waals surface area (Å²) in [6.07, 6.45) is -4.09. The van der Waals surface area contributed by atoms with E-state index in [4.69, 9.17) is 11.6 Å². The number of amides is 1. The minimum absolute atomic E-state index is 0.0194. The van der Waals surface area contributed by atoms with Crippen molar-refractivity contribution in [1.29, 1.82) is 0 Å². The zero-order chi connectivity index (χ0) is 18.7. The minimum Gasteiger partial charge on any atom is -0.367 e. The third-order valence-electron chi connectivity index (χ3n) is 4.44. The van der Waals surface area contributed by atoms with Gasteiger partial charge < -0.3 is 9.80 Å². The number of carbonyl (C=O) groups excluding carboxylic acids is 1. The molecule has 0 unspecified atom stereocenters. The number of anilines is 1. The van der Waals surface area contributed by atoms with Crippen molar-refractivity contribution in [3.63, 3.8) is 0 Å². The summed E-state index contributed by atoms with van der Waals surface area (Å²) in [6.45, 7) is 1.81. The lowest BCUT2D eigenvalue weighted by atomic mass is 10.1. The Morgan fingerprint density at radius 3 is 2.27 bits per heavy atom. The van der Waals surface area contributed by atoms with E-state index in [2.05, 4.69) is 0 Å². The summed E-state index contributed by atoms with van der Waals surface area (Å²) in [5.74, 6) is 0.0194. The summed E-state index contributed by atoms with van der Waals surface area (Å²) >= 11 is 6.10. The van der Waals surface area contributed by atoms with Crippen LogP contribution in [0.4, 0.5) is 18.9 Å². The molecular formula is C19H18ClF3N2O. The van der Waals surface area contributed by atoms with Crippen LogP contribution in [0, 0.1) is 0 Å². The van der Waals surface area contributed by atoms with Gasteiger partial charge >= 0.3 is 6.18 Å². The van der Waals surface area contributed by atoms with E-state index in [-0.39, 0.29) is 10.9 Å². The third kappa shape index (κ3) is 4.30. The van der Waals surface area contributed by atoms with Crippen LogP contribution in [0.25, 0.3) is 0 Å². The molecule has 0 bridgehead atoms. The van der Waals surface area contributed by atoms with E-state index in [1.54, 1.807) is 9.80 Å². The maximum Gasteiger partial charge on any atom is 0.416 e. The number of rotatable bonds is 3. The minimum atomic E-state index is -4.41. The van der Waals surface area contributed by atoms with Gasteiger partial charge in [-0.2, -0.15) is 13.2 Å². The second-order valence-corrected chi connectivity index (χ2v) is 6.60. The van der Waals surface area contributed by atoms with E-state index in [9.17, 15) is 18.0 Å². The van der Waals surface area contributed by atoms with E-state index in [0.29, 0.717) is 38.3 Å². The molecule has 2 aromatic carbocycles. The van der Waals surface area contributed by atoms with Crippen LogP contribution >= 0.6 is 11.6 Å². The van der Waals surface area contributed by atoms with Crippen molar-refractivity contribution in [2.24, 2.45) is 0 Å². The van der Waals surface area contributed by atoms with Crippen LogP contribution in [0.1, 0.15) is 11.1 Å². The normalized spacial score (nSPS) is 15.2. The predicted octanol–water partition coefficient (Wildman–Crippen LogP) is 4.25. The number of benzene rings is 2. The molecule has 3 rings (SSSR count). The first-order valence-corrected chi connectivity index (χ1v) is 8.66. The van der Waals surface area contributed by atoms with Gasteiger partial charge in [-0.25, -0.2) is 0 Å². The van der Waals surface area contributed by atoms with Crippen LogP contribution in [-0.2, 0) is 17.4 Å². The van der Waals surface area contributed by atoms with Gasteiger partial charge in [-0.15, -0.1) is 0 Å². The highest BCUT2D eigenvalue weighted by atomic mass is 35.5. The summed E-state index contributed by atoms with van der Waals surface area (Å²) in [7, 11) is 0. The first-order valence-electron chi connectivity index (χ1n) is 8.28. The fourth-order valence-electron chi connectivity index (χ4n) is 3.01. The highest BCUT2D eigenvalue weighted by Gasteiger charge is 2.32. The van der Waals surface area contributed by atoms with Crippen molar-refractivity contribution in [2.75, 3.05) is 31.1 Å². The smallest absolute Gasteiger partial charge is 0.367 e. The zero-order valence-corrected chi connectivity index (χ0v) is 14.7. The molecule has 0 atom stereocenters. The number of alkyl halides is 3. The van der Waals surface area contributed by atoms with Gasteiger partial charge in [-0.1, -0.05) is 41.9 Å². The number of hydrogen-bond donors (Lipinski definition) is 0. The number of carbonyl (C=O) groups is 1. The van der Waals surface area contributed by atoms with E-state index < -0.39 is 11.7 Å². The monoisotopic (exact) mass is 382 g/mol. The Morgan fingerprint density at radius 1 is 1.00 bits per heavy atom. The van der Waals surface area contributed by atoms with Gasteiger partial charge in [0.1, 0.15) is 0 Å². The van der Waals surface area contributed by atoms with E-state index in [0.717, 1.165) is 17.7 Å². The average Bonchev–Trinajstić information content (AvgIpc) is 2.62. The Labute approximate surface area is 155 Å². The second-order valence-electron chi connectivity index (χ2n) is 6.19. The molecule has 1 heterocycles. The molecule has 0 radical (unpaired) electrons. The van der Waals surface area contributed by atoms with Crippen LogP contribution in [0.2, 0.25) is 5.02 Å². The third-order valence-corrected chi connectivity index (χ3v) is 4.76. The summed E-state index contributed by atoms with van der Waals surface area (Å²) in [5.41, 5.74) is 0.581. The summed E-state index contributed by atoms with van der Waals surface area (Å²) in [5, 5.41) is 0.280. The summed E-state index contributed by atoms with van der Waals surface area (Å²) in [4.78, 5) is 15.9. The maximum atomic E-state index is 12.9. The van der Waals surface area contributed by atoms with Crippen molar-refractivity contribution >= 4 is 23.2 Å². The standard InChI is InChI=1S/C19H18ClF3N2O/c20-16-7-6-15(19(21,22)23)13-17(16)24-8-10-25(11-9-24)18(26)12-14-4-2-1-3-5-14/h1-7,13H,8-12H2. The molecule has 1 amide bonds. The highest BCUT2D eigenvalue weighted by molar-refractivity contribution is 6.33. The molecule has 0 aliphatic carbocycles. The first-order chi connectivity index (χ1) is 12.3. The molecule has 0 aromatic heterocycles. The lowest BCUT2D eigenvalue weighted by molar-refractivity contribution is -0.137. The Hall–Kier alpha value is -2.21. The number of piperazine rings is 1. The van der Waals surface area contributed by atoms with Crippen LogP contribution in [0.15, 0.2) is 48.5 Å². The molecular weight excluding hydrogens is 365 g/mol. The molecule has 26 heavy (non-hydrogen) atoms. The van der Waals surface area contributed by atoms with Crippen molar-refractivity contribution in [3.8, 4) is 0 Å². The zero-order valence-electron chi connectivity index (χ0n) is 14.0. The molecule has 1 aliphatic heterocycles. The van der Waals surface area contributed by atoms with Gasteiger partial charge in [-0.3, -0.25) is 4.79 Å². The van der Waals surface area contributed by atoms with Crippen molar-refractivity contribution < 1.29 is 18.0 Å². The highest BCUT2D eigenvalue weighted by Crippen LogP contribution is 2.35. The molecule has 0 N–H and O–H groups in total. The quantitative estimate of drug-likeness (QED) is 0.792. The van der Waals surface area contributed by atoms with Crippen LogP contribution in [-0.4, -0.2) is 37.0 Å². The fraction of sp³-hybridized carbons (Fsp3) is 0.316. The Morgan fingerprint density at radius 2 is 1.65 bits per heavy atom.